The maximum Gasteiger partial charge on any atom is 0.274 e. The highest BCUT2D eigenvalue weighted by molar-refractivity contribution is 5.94. The van der Waals surface area contributed by atoms with Crippen LogP contribution in [0.25, 0.3) is 0 Å². The molecule has 3 rings (SSSR count). The first-order valence-electron chi connectivity index (χ1n) is 8.56. The lowest BCUT2D eigenvalue weighted by Crippen LogP contribution is -2.34. The molecule has 0 spiro atoms. The minimum absolute atomic E-state index is 0.0194. The average molecular weight is 327 g/mol. The highest BCUT2D eigenvalue weighted by Gasteiger charge is 2.27. The number of hydrogen-bond acceptors (Lipinski definition) is 3. The second-order valence-corrected chi connectivity index (χ2v) is 6.81. The van der Waals surface area contributed by atoms with Gasteiger partial charge in [-0.1, -0.05) is 26.0 Å². The van der Waals surface area contributed by atoms with Crippen LogP contribution in [0.3, 0.4) is 0 Å². The van der Waals surface area contributed by atoms with Gasteiger partial charge in [0.25, 0.3) is 5.91 Å². The van der Waals surface area contributed by atoms with Gasteiger partial charge in [-0.25, -0.2) is 0 Å². The van der Waals surface area contributed by atoms with Crippen LogP contribution >= 0.6 is 0 Å². The van der Waals surface area contributed by atoms with E-state index in [1.165, 1.54) is 0 Å². The topological polar surface area (TPSA) is 58.2 Å². The van der Waals surface area contributed by atoms with E-state index in [1.54, 1.807) is 7.11 Å². The van der Waals surface area contributed by atoms with E-state index in [1.807, 2.05) is 29.2 Å². The number of nitrogens with one attached hydrogen (secondary N) is 1. The molecule has 0 saturated carbocycles. The molecule has 1 heterocycles. The minimum Gasteiger partial charge on any atom is -0.497 e. The van der Waals surface area contributed by atoms with E-state index in [0.29, 0.717) is 24.7 Å². The van der Waals surface area contributed by atoms with Gasteiger partial charge in [-0.3, -0.25) is 9.89 Å². The Bertz CT molecular complexity index is 721. The van der Waals surface area contributed by atoms with Gasteiger partial charge in [-0.2, -0.15) is 5.10 Å². The number of aromatic nitrogens is 2. The van der Waals surface area contributed by atoms with E-state index < -0.39 is 0 Å². The third-order valence-corrected chi connectivity index (χ3v) is 4.39. The Labute approximate surface area is 143 Å². The summed E-state index contributed by atoms with van der Waals surface area (Å²) in [4.78, 5) is 15.0. The van der Waals surface area contributed by atoms with Crippen molar-refractivity contribution in [1.29, 1.82) is 0 Å². The molecule has 1 amide bonds. The van der Waals surface area contributed by atoms with Gasteiger partial charge in [-0.05, 0) is 42.9 Å². The number of amides is 1. The minimum atomic E-state index is 0.0194. The molecule has 0 bridgehead atoms. The summed E-state index contributed by atoms with van der Waals surface area (Å²) in [5, 5.41) is 7.34. The summed E-state index contributed by atoms with van der Waals surface area (Å²) in [5.41, 5.74) is 3.91. The Morgan fingerprint density at radius 1 is 1.38 bits per heavy atom. The van der Waals surface area contributed by atoms with Gasteiger partial charge in [0.1, 0.15) is 5.75 Å². The van der Waals surface area contributed by atoms with Crippen LogP contribution in [0.1, 0.15) is 47.6 Å². The lowest BCUT2D eigenvalue weighted by Gasteiger charge is -2.24. The van der Waals surface area contributed by atoms with Gasteiger partial charge in [0.2, 0.25) is 0 Å². The summed E-state index contributed by atoms with van der Waals surface area (Å²) in [7, 11) is 1.66. The van der Waals surface area contributed by atoms with E-state index in [0.717, 1.165) is 41.8 Å². The predicted molar refractivity (Wildman–Crippen MR) is 93.2 cm³/mol. The van der Waals surface area contributed by atoms with E-state index >= 15 is 0 Å². The molecule has 128 valence electrons. The number of fused-ring (bicyclic) bond motifs is 1. The van der Waals surface area contributed by atoms with Gasteiger partial charge in [-0.15, -0.1) is 0 Å². The van der Waals surface area contributed by atoms with Crippen LogP contribution < -0.4 is 4.74 Å². The molecule has 0 saturated heterocycles. The maximum absolute atomic E-state index is 13.1. The molecule has 24 heavy (non-hydrogen) atoms. The molecular weight excluding hydrogens is 302 g/mol. The van der Waals surface area contributed by atoms with Crippen LogP contribution in [0.15, 0.2) is 24.3 Å². The highest BCUT2D eigenvalue weighted by Crippen LogP contribution is 2.25. The van der Waals surface area contributed by atoms with Crippen molar-refractivity contribution in [3.63, 3.8) is 0 Å². The molecule has 0 fully saturated rings. The number of H-pyrrole nitrogens is 1. The third kappa shape index (κ3) is 3.45. The second kappa shape index (κ2) is 7.07. The smallest absolute Gasteiger partial charge is 0.274 e. The van der Waals surface area contributed by atoms with Gasteiger partial charge >= 0.3 is 0 Å². The average Bonchev–Trinajstić information content (AvgIpc) is 3.16. The normalized spacial score (nSPS) is 13.2. The largest absolute Gasteiger partial charge is 0.497 e. The van der Waals surface area contributed by atoms with Crippen LogP contribution in [0, 0.1) is 5.92 Å². The van der Waals surface area contributed by atoms with Crippen molar-refractivity contribution >= 4 is 5.91 Å². The Kier molecular flexibility index (Phi) is 4.88. The van der Waals surface area contributed by atoms with Crippen molar-refractivity contribution in [3.05, 3.63) is 46.8 Å². The van der Waals surface area contributed by atoms with Crippen molar-refractivity contribution in [2.24, 2.45) is 5.92 Å². The Hall–Kier alpha value is -2.30. The van der Waals surface area contributed by atoms with Crippen LogP contribution in [0.2, 0.25) is 0 Å². The standard InChI is InChI=1S/C19H25N3O2/c1-13(2)11-22(12-14-6-4-7-15(10-14)24-3)19(23)18-16-8-5-9-17(16)20-21-18/h4,6-7,10,13H,5,8-9,11-12H2,1-3H3,(H,20,21). The van der Waals surface area contributed by atoms with E-state index in [9.17, 15) is 4.79 Å². The van der Waals surface area contributed by atoms with Crippen LogP contribution in [-0.2, 0) is 19.4 Å². The van der Waals surface area contributed by atoms with Crippen molar-refractivity contribution < 1.29 is 9.53 Å². The Morgan fingerprint density at radius 2 is 2.21 bits per heavy atom. The number of ether oxygens (including phenoxy) is 1. The fraction of sp³-hybridized carbons (Fsp3) is 0.474. The Balaban J connectivity index is 1.84. The zero-order chi connectivity index (χ0) is 17.1. The first-order valence-corrected chi connectivity index (χ1v) is 8.56. The third-order valence-electron chi connectivity index (χ3n) is 4.39. The summed E-state index contributed by atoms with van der Waals surface area (Å²) in [6.07, 6.45) is 3.04. The number of methoxy groups -OCH3 is 1. The summed E-state index contributed by atoms with van der Waals surface area (Å²) < 4.78 is 5.29. The van der Waals surface area contributed by atoms with Crippen molar-refractivity contribution in [3.8, 4) is 5.75 Å². The molecule has 5 heteroatoms. The number of carbonyl (C=O) groups is 1. The van der Waals surface area contributed by atoms with Gasteiger partial charge in [0, 0.05) is 24.3 Å². The lowest BCUT2D eigenvalue weighted by molar-refractivity contribution is 0.0715. The first kappa shape index (κ1) is 16.6. The van der Waals surface area contributed by atoms with Crippen molar-refractivity contribution in [1.82, 2.24) is 15.1 Å². The van der Waals surface area contributed by atoms with Gasteiger partial charge in [0.15, 0.2) is 5.69 Å². The summed E-state index contributed by atoms with van der Waals surface area (Å²) >= 11 is 0. The first-order chi connectivity index (χ1) is 11.6. The summed E-state index contributed by atoms with van der Waals surface area (Å²) in [5.74, 6) is 1.22. The molecule has 2 aromatic rings. The number of benzene rings is 1. The van der Waals surface area contributed by atoms with Crippen LogP contribution in [0.4, 0.5) is 0 Å². The number of carbonyl (C=O) groups excluding carboxylic acids is 1. The molecule has 1 aromatic carbocycles. The summed E-state index contributed by atoms with van der Waals surface area (Å²) in [6.45, 7) is 5.52. The molecule has 5 nitrogen and oxygen atoms in total. The molecule has 1 aromatic heterocycles. The summed E-state index contributed by atoms with van der Waals surface area (Å²) in [6, 6.07) is 7.88. The molecule has 1 aliphatic carbocycles. The number of rotatable bonds is 6. The molecule has 0 radical (unpaired) electrons. The number of aromatic amines is 1. The molecule has 1 N–H and O–H groups in total. The molecule has 0 unspecified atom stereocenters. The Morgan fingerprint density at radius 3 is 2.96 bits per heavy atom. The SMILES string of the molecule is COc1cccc(CN(CC(C)C)C(=O)c2n[nH]c3c2CCC3)c1. The molecule has 0 atom stereocenters. The number of aryl methyl sites for hydroxylation is 1. The zero-order valence-electron chi connectivity index (χ0n) is 14.6. The maximum atomic E-state index is 13.1. The van der Waals surface area contributed by atoms with E-state index in [4.69, 9.17) is 4.74 Å². The fourth-order valence-corrected chi connectivity index (χ4v) is 3.30. The monoisotopic (exact) mass is 327 g/mol. The fourth-order valence-electron chi connectivity index (χ4n) is 3.30. The number of nitrogens with zero attached hydrogens (tertiary/aromatic N) is 2. The quantitative estimate of drug-likeness (QED) is 0.886. The van der Waals surface area contributed by atoms with Crippen molar-refractivity contribution in [2.45, 2.75) is 39.7 Å². The van der Waals surface area contributed by atoms with Crippen LogP contribution in [-0.4, -0.2) is 34.7 Å². The van der Waals surface area contributed by atoms with E-state index in [-0.39, 0.29) is 5.91 Å². The molecule has 0 aliphatic heterocycles. The predicted octanol–water partition coefficient (Wildman–Crippen LogP) is 3.21. The number of hydrogen-bond donors (Lipinski definition) is 1. The van der Waals surface area contributed by atoms with Crippen LogP contribution in [0.5, 0.6) is 5.75 Å². The molecular formula is C19H25N3O2. The van der Waals surface area contributed by atoms with Gasteiger partial charge in [0.05, 0.1) is 7.11 Å². The highest BCUT2D eigenvalue weighted by atomic mass is 16.5. The van der Waals surface area contributed by atoms with Crippen molar-refractivity contribution in [2.75, 3.05) is 13.7 Å². The lowest BCUT2D eigenvalue weighted by atomic mass is 10.1. The zero-order valence-corrected chi connectivity index (χ0v) is 14.6. The van der Waals surface area contributed by atoms with E-state index in [2.05, 4.69) is 24.0 Å². The van der Waals surface area contributed by atoms with Gasteiger partial charge < -0.3 is 9.64 Å². The molecule has 1 aliphatic rings. The second-order valence-electron chi connectivity index (χ2n) is 6.81.